The molecule has 126 valence electrons. The predicted molar refractivity (Wildman–Crippen MR) is 94.3 cm³/mol. The molecule has 0 bridgehead atoms. The zero-order valence-corrected chi connectivity index (χ0v) is 13.2. The molecule has 0 radical (unpaired) electrons. The lowest BCUT2D eigenvalue weighted by molar-refractivity contribution is -0.115. The fourth-order valence-electron chi connectivity index (χ4n) is 1.99. The van der Waals surface area contributed by atoms with E-state index >= 15 is 0 Å². The first kappa shape index (κ1) is 17.5. The SMILES string of the molecule is NCc1ccc(NC(=O)CNC(=O)Nc2ccc(CN)cc2)cc1. The second-order valence-electron chi connectivity index (χ2n) is 5.16. The van der Waals surface area contributed by atoms with Crippen LogP contribution in [-0.2, 0) is 17.9 Å². The molecular formula is C17H21N5O2. The molecule has 2 aromatic rings. The molecule has 24 heavy (non-hydrogen) atoms. The smallest absolute Gasteiger partial charge is 0.319 e. The van der Waals surface area contributed by atoms with Crippen LogP contribution >= 0.6 is 0 Å². The van der Waals surface area contributed by atoms with Crippen LogP contribution in [0.1, 0.15) is 11.1 Å². The molecule has 7 N–H and O–H groups in total. The number of rotatable bonds is 6. The highest BCUT2D eigenvalue weighted by molar-refractivity contribution is 5.96. The Kier molecular flexibility index (Phi) is 6.30. The molecule has 2 rings (SSSR count). The minimum atomic E-state index is -0.455. The Morgan fingerprint density at radius 1 is 0.750 bits per heavy atom. The molecule has 0 aliphatic carbocycles. The predicted octanol–water partition coefficient (Wildman–Crippen LogP) is 1.36. The molecule has 0 saturated heterocycles. The maximum absolute atomic E-state index is 11.8. The average molecular weight is 327 g/mol. The molecule has 0 aliphatic heterocycles. The van der Waals surface area contributed by atoms with E-state index < -0.39 is 6.03 Å². The zero-order chi connectivity index (χ0) is 17.4. The van der Waals surface area contributed by atoms with Gasteiger partial charge >= 0.3 is 6.03 Å². The first-order chi connectivity index (χ1) is 11.6. The number of hydrogen-bond donors (Lipinski definition) is 5. The van der Waals surface area contributed by atoms with Gasteiger partial charge in [0.25, 0.3) is 0 Å². The Hall–Kier alpha value is -2.90. The van der Waals surface area contributed by atoms with Crippen molar-refractivity contribution in [2.45, 2.75) is 13.1 Å². The molecule has 0 atom stereocenters. The van der Waals surface area contributed by atoms with E-state index in [0.29, 0.717) is 24.5 Å². The van der Waals surface area contributed by atoms with Crippen LogP contribution < -0.4 is 27.4 Å². The highest BCUT2D eigenvalue weighted by Gasteiger charge is 2.06. The van der Waals surface area contributed by atoms with E-state index in [1.165, 1.54) is 0 Å². The summed E-state index contributed by atoms with van der Waals surface area (Å²) in [5.74, 6) is -0.316. The summed E-state index contributed by atoms with van der Waals surface area (Å²) in [6, 6.07) is 13.9. The van der Waals surface area contributed by atoms with Gasteiger partial charge in [0.05, 0.1) is 6.54 Å². The summed E-state index contributed by atoms with van der Waals surface area (Å²) >= 11 is 0. The van der Waals surface area contributed by atoms with Crippen molar-refractivity contribution in [1.29, 1.82) is 0 Å². The van der Waals surface area contributed by atoms with Crippen LogP contribution in [0.15, 0.2) is 48.5 Å². The van der Waals surface area contributed by atoms with Crippen LogP contribution in [0.2, 0.25) is 0 Å². The molecule has 0 aliphatic rings. The van der Waals surface area contributed by atoms with Gasteiger partial charge in [-0.2, -0.15) is 0 Å². The molecule has 2 aromatic carbocycles. The highest BCUT2D eigenvalue weighted by Crippen LogP contribution is 2.09. The molecule has 0 aromatic heterocycles. The van der Waals surface area contributed by atoms with Crippen molar-refractivity contribution < 1.29 is 9.59 Å². The molecule has 3 amide bonds. The third-order valence-electron chi connectivity index (χ3n) is 3.33. The summed E-state index contributed by atoms with van der Waals surface area (Å²) in [5, 5.41) is 7.83. The van der Waals surface area contributed by atoms with Gasteiger partial charge in [0.1, 0.15) is 0 Å². The fraction of sp³-hybridized carbons (Fsp3) is 0.176. The van der Waals surface area contributed by atoms with Crippen LogP contribution in [0.4, 0.5) is 16.2 Å². The highest BCUT2D eigenvalue weighted by atomic mass is 16.2. The van der Waals surface area contributed by atoms with Crippen molar-refractivity contribution in [3.8, 4) is 0 Å². The Morgan fingerprint density at radius 2 is 1.21 bits per heavy atom. The van der Waals surface area contributed by atoms with Crippen LogP contribution in [0.3, 0.4) is 0 Å². The van der Waals surface area contributed by atoms with Crippen molar-refractivity contribution in [3.63, 3.8) is 0 Å². The number of hydrogen-bond acceptors (Lipinski definition) is 4. The van der Waals surface area contributed by atoms with Crippen LogP contribution in [0, 0.1) is 0 Å². The Morgan fingerprint density at radius 3 is 1.67 bits per heavy atom. The first-order valence-electron chi connectivity index (χ1n) is 7.53. The monoisotopic (exact) mass is 327 g/mol. The van der Waals surface area contributed by atoms with E-state index in [-0.39, 0.29) is 12.5 Å². The standard InChI is InChI=1S/C17H21N5O2/c18-9-12-1-5-14(6-2-12)21-16(23)11-20-17(24)22-15-7-3-13(10-19)4-8-15/h1-8H,9-11,18-19H2,(H,21,23)(H2,20,22,24). The molecule has 0 fully saturated rings. The number of amides is 3. The molecule has 0 saturated carbocycles. The third kappa shape index (κ3) is 5.38. The van der Waals surface area contributed by atoms with E-state index in [9.17, 15) is 9.59 Å². The first-order valence-corrected chi connectivity index (χ1v) is 7.53. The normalized spacial score (nSPS) is 10.1. The summed E-state index contributed by atoms with van der Waals surface area (Å²) < 4.78 is 0. The van der Waals surface area contributed by atoms with E-state index in [2.05, 4.69) is 16.0 Å². The van der Waals surface area contributed by atoms with Crippen molar-refractivity contribution in [3.05, 3.63) is 59.7 Å². The molecule has 0 unspecified atom stereocenters. The summed E-state index contributed by atoms with van der Waals surface area (Å²) in [6.07, 6.45) is 0. The fourth-order valence-corrected chi connectivity index (χ4v) is 1.99. The van der Waals surface area contributed by atoms with Gasteiger partial charge in [0.2, 0.25) is 5.91 Å². The summed E-state index contributed by atoms with van der Waals surface area (Å²) in [4.78, 5) is 23.6. The van der Waals surface area contributed by atoms with Gasteiger partial charge in [-0.25, -0.2) is 4.79 Å². The van der Waals surface area contributed by atoms with Gasteiger partial charge in [-0.05, 0) is 35.4 Å². The van der Waals surface area contributed by atoms with Crippen molar-refractivity contribution >= 4 is 23.3 Å². The molecule has 7 heteroatoms. The number of nitrogens with one attached hydrogen (secondary N) is 3. The Labute approximate surface area is 140 Å². The van der Waals surface area contributed by atoms with Gasteiger partial charge in [0.15, 0.2) is 0 Å². The lowest BCUT2D eigenvalue weighted by Gasteiger charge is -2.09. The van der Waals surface area contributed by atoms with Crippen molar-refractivity contribution in [2.24, 2.45) is 11.5 Å². The lowest BCUT2D eigenvalue weighted by Crippen LogP contribution is -2.35. The lowest BCUT2D eigenvalue weighted by atomic mass is 10.2. The summed E-state index contributed by atoms with van der Waals surface area (Å²) in [6.45, 7) is 0.756. The maximum Gasteiger partial charge on any atom is 0.319 e. The van der Waals surface area contributed by atoms with Gasteiger partial charge in [-0.15, -0.1) is 0 Å². The van der Waals surface area contributed by atoms with Crippen LogP contribution in [0.25, 0.3) is 0 Å². The number of carbonyl (C=O) groups is 2. The maximum atomic E-state index is 11.8. The number of carbonyl (C=O) groups excluding carboxylic acids is 2. The second-order valence-corrected chi connectivity index (χ2v) is 5.16. The van der Waals surface area contributed by atoms with E-state index in [1.807, 2.05) is 24.3 Å². The Bertz CT molecular complexity index is 622. The quantitative estimate of drug-likeness (QED) is 0.550. The molecule has 0 heterocycles. The molecule has 0 spiro atoms. The third-order valence-corrected chi connectivity index (χ3v) is 3.33. The van der Waals surface area contributed by atoms with E-state index in [0.717, 1.165) is 11.1 Å². The van der Waals surface area contributed by atoms with Crippen LogP contribution in [0.5, 0.6) is 0 Å². The zero-order valence-electron chi connectivity index (χ0n) is 13.2. The topological polar surface area (TPSA) is 122 Å². The van der Waals surface area contributed by atoms with Crippen molar-refractivity contribution in [1.82, 2.24) is 5.32 Å². The number of nitrogens with two attached hydrogens (primary N) is 2. The average Bonchev–Trinajstić information content (AvgIpc) is 2.61. The number of anilines is 2. The van der Waals surface area contributed by atoms with Gasteiger partial charge in [-0.3, -0.25) is 4.79 Å². The number of urea groups is 1. The summed E-state index contributed by atoms with van der Waals surface area (Å²) in [5.41, 5.74) is 14.3. The molecule has 7 nitrogen and oxygen atoms in total. The van der Waals surface area contributed by atoms with E-state index in [1.54, 1.807) is 24.3 Å². The van der Waals surface area contributed by atoms with E-state index in [4.69, 9.17) is 11.5 Å². The van der Waals surface area contributed by atoms with Crippen molar-refractivity contribution in [2.75, 3.05) is 17.2 Å². The van der Waals surface area contributed by atoms with Gasteiger partial charge in [-0.1, -0.05) is 24.3 Å². The van der Waals surface area contributed by atoms with Gasteiger partial charge in [0, 0.05) is 24.5 Å². The Balaban J connectivity index is 1.76. The summed E-state index contributed by atoms with van der Waals surface area (Å²) in [7, 11) is 0. The second kappa shape index (κ2) is 8.66. The molecular weight excluding hydrogens is 306 g/mol. The minimum Gasteiger partial charge on any atom is -0.329 e. The van der Waals surface area contributed by atoms with Crippen LogP contribution in [-0.4, -0.2) is 18.5 Å². The largest absolute Gasteiger partial charge is 0.329 e. The minimum absolute atomic E-state index is 0.134. The van der Waals surface area contributed by atoms with Gasteiger partial charge < -0.3 is 27.4 Å². The number of benzene rings is 2.